The summed E-state index contributed by atoms with van der Waals surface area (Å²) in [6, 6.07) is 0.605. The van der Waals surface area contributed by atoms with Gasteiger partial charge in [-0.1, -0.05) is 6.92 Å². The second kappa shape index (κ2) is 6.38. The minimum Gasteiger partial charge on any atom is -0.481 e. The fourth-order valence-corrected chi connectivity index (χ4v) is 3.29. The Morgan fingerprint density at radius 1 is 1.53 bits per heavy atom. The van der Waals surface area contributed by atoms with Crippen molar-refractivity contribution in [2.24, 2.45) is 0 Å². The highest BCUT2D eigenvalue weighted by Crippen LogP contribution is 2.32. The van der Waals surface area contributed by atoms with Gasteiger partial charge in [-0.3, -0.25) is 4.79 Å². The number of hydrogen-bond acceptors (Lipinski definition) is 3. The second-order valence-electron chi connectivity index (χ2n) is 4.17. The fraction of sp³-hybridized carbons (Fsp3) is 0.909. The van der Waals surface area contributed by atoms with Crippen molar-refractivity contribution in [3.05, 3.63) is 0 Å². The molecule has 1 saturated carbocycles. The van der Waals surface area contributed by atoms with E-state index in [0.29, 0.717) is 12.6 Å². The molecule has 1 aliphatic rings. The first-order chi connectivity index (χ1) is 7.13. The predicted molar refractivity (Wildman–Crippen MR) is 64.4 cm³/mol. The van der Waals surface area contributed by atoms with Gasteiger partial charge in [0.25, 0.3) is 0 Å². The summed E-state index contributed by atoms with van der Waals surface area (Å²) >= 11 is 2.04. The van der Waals surface area contributed by atoms with Crippen LogP contribution in [0.5, 0.6) is 0 Å². The zero-order valence-corrected chi connectivity index (χ0v) is 10.4. The Morgan fingerprint density at radius 2 is 2.27 bits per heavy atom. The molecule has 4 heteroatoms. The molecule has 0 bridgehead atoms. The first kappa shape index (κ1) is 12.8. The third-order valence-corrected chi connectivity index (χ3v) is 4.29. The van der Waals surface area contributed by atoms with Crippen molar-refractivity contribution in [2.45, 2.75) is 43.9 Å². The van der Waals surface area contributed by atoms with Crippen LogP contribution in [0.2, 0.25) is 0 Å². The molecule has 0 aromatic rings. The summed E-state index contributed by atoms with van der Waals surface area (Å²) in [5.74, 6) is 0.496. The van der Waals surface area contributed by atoms with Crippen LogP contribution < -0.4 is 0 Å². The van der Waals surface area contributed by atoms with Crippen LogP contribution in [0.25, 0.3) is 0 Å². The predicted octanol–water partition coefficient (Wildman–Crippen LogP) is 2.07. The molecule has 0 radical (unpaired) electrons. The van der Waals surface area contributed by atoms with Crippen molar-refractivity contribution in [2.75, 3.05) is 19.3 Å². The SMILES string of the molecule is CCS[C@H]1CC[C@H](N(C)CCC(=O)O)C1. The number of nitrogens with zero attached hydrogens (tertiary/aromatic N) is 1. The second-order valence-corrected chi connectivity index (χ2v) is 5.75. The third kappa shape index (κ3) is 4.43. The zero-order chi connectivity index (χ0) is 11.3. The molecule has 0 aromatic heterocycles. The summed E-state index contributed by atoms with van der Waals surface area (Å²) < 4.78 is 0. The van der Waals surface area contributed by atoms with Crippen molar-refractivity contribution >= 4 is 17.7 Å². The number of hydrogen-bond donors (Lipinski definition) is 1. The van der Waals surface area contributed by atoms with Gasteiger partial charge in [0.05, 0.1) is 6.42 Å². The van der Waals surface area contributed by atoms with Crippen LogP contribution in [0, 0.1) is 0 Å². The molecule has 15 heavy (non-hydrogen) atoms. The Kier molecular flexibility index (Phi) is 5.47. The monoisotopic (exact) mass is 231 g/mol. The first-order valence-corrected chi connectivity index (χ1v) is 6.72. The van der Waals surface area contributed by atoms with Crippen molar-refractivity contribution in [3.8, 4) is 0 Å². The van der Waals surface area contributed by atoms with Crippen LogP contribution in [-0.4, -0.2) is 46.6 Å². The van der Waals surface area contributed by atoms with E-state index >= 15 is 0 Å². The van der Waals surface area contributed by atoms with Gasteiger partial charge in [0.2, 0.25) is 0 Å². The summed E-state index contributed by atoms with van der Waals surface area (Å²) in [7, 11) is 2.05. The van der Waals surface area contributed by atoms with Gasteiger partial charge in [-0.05, 0) is 32.1 Å². The molecule has 1 fully saturated rings. The van der Waals surface area contributed by atoms with Gasteiger partial charge < -0.3 is 10.0 Å². The van der Waals surface area contributed by atoms with E-state index in [4.69, 9.17) is 5.11 Å². The Labute approximate surface area is 96.2 Å². The van der Waals surface area contributed by atoms with E-state index in [1.807, 2.05) is 18.8 Å². The Morgan fingerprint density at radius 3 is 2.87 bits per heavy atom. The van der Waals surface area contributed by atoms with Crippen molar-refractivity contribution in [1.82, 2.24) is 4.90 Å². The Hall–Kier alpha value is -0.220. The number of carboxylic acid groups (broad SMARTS) is 1. The van der Waals surface area contributed by atoms with Crippen molar-refractivity contribution in [3.63, 3.8) is 0 Å². The van der Waals surface area contributed by atoms with E-state index in [1.54, 1.807) is 0 Å². The minimum atomic E-state index is -0.695. The highest BCUT2D eigenvalue weighted by molar-refractivity contribution is 7.99. The molecule has 3 nitrogen and oxygen atoms in total. The first-order valence-electron chi connectivity index (χ1n) is 5.67. The molecule has 1 aliphatic carbocycles. The maximum atomic E-state index is 10.5. The highest BCUT2D eigenvalue weighted by atomic mass is 32.2. The van der Waals surface area contributed by atoms with Gasteiger partial charge in [-0.2, -0.15) is 11.8 Å². The lowest BCUT2D eigenvalue weighted by Crippen LogP contribution is -2.31. The third-order valence-electron chi connectivity index (χ3n) is 3.06. The standard InChI is InChI=1S/C11H21NO2S/c1-3-15-10-5-4-9(8-10)12(2)7-6-11(13)14/h9-10H,3-8H2,1-2H3,(H,13,14)/t9-,10-/m0/s1. The summed E-state index contributed by atoms with van der Waals surface area (Å²) in [5, 5.41) is 9.41. The van der Waals surface area contributed by atoms with Crippen LogP contribution >= 0.6 is 11.8 Å². The van der Waals surface area contributed by atoms with Gasteiger partial charge in [-0.25, -0.2) is 0 Å². The minimum absolute atomic E-state index is 0.262. The molecule has 0 spiro atoms. The van der Waals surface area contributed by atoms with Crippen LogP contribution in [0.3, 0.4) is 0 Å². The molecule has 1 rings (SSSR count). The molecule has 1 N–H and O–H groups in total. The smallest absolute Gasteiger partial charge is 0.304 e. The van der Waals surface area contributed by atoms with Gasteiger partial charge >= 0.3 is 5.97 Å². The summed E-state index contributed by atoms with van der Waals surface area (Å²) in [6.07, 6.45) is 4.02. The van der Waals surface area contributed by atoms with Crippen LogP contribution in [0.1, 0.15) is 32.6 Å². The lowest BCUT2D eigenvalue weighted by atomic mass is 10.2. The van der Waals surface area contributed by atoms with E-state index in [-0.39, 0.29) is 6.42 Å². The fourth-order valence-electron chi connectivity index (χ4n) is 2.16. The molecule has 0 aromatic carbocycles. The lowest BCUT2D eigenvalue weighted by molar-refractivity contribution is -0.137. The number of carboxylic acids is 1. The van der Waals surface area contributed by atoms with Gasteiger partial charge in [0.1, 0.15) is 0 Å². The van der Waals surface area contributed by atoms with Gasteiger partial charge in [0.15, 0.2) is 0 Å². The Bertz CT molecular complexity index is 211. The molecule has 0 unspecified atom stereocenters. The van der Waals surface area contributed by atoms with E-state index in [2.05, 4.69) is 11.8 Å². The quantitative estimate of drug-likeness (QED) is 0.759. The normalized spacial score (nSPS) is 26.1. The van der Waals surface area contributed by atoms with Crippen LogP contribution in [0.15, 0.2) is 0 Å². The van der Waals surface area contributed by atoms with Crippen molar-refractivity contribution in [1.29, 1.82) is 0 Å². The van der Waals surface area contributed by atoms with Crippen LogP contribution in [-0.2, 0) is 4.79 Å². The largest absolute Gasteiger partial charge is 0.481 e. The zero-order valence-electron chi connectivity index (χ0n) is 9.61. The molecular formula is C11H21NO2S. The average molecular weight is 231 g/mol. The Balaban J connectivity index is 2.23. The van der Waals surface area contributed by atoms with Gasteiger partial charge in [0, 0.05) is 17.8 Å². The summed E-state index contributed by atoms with van der Waals surface area (Å²) in [4.78, 5) is 12.7. The maximum absolute atomic E-state index is 10.5. The summed E-state index contributed by atoms with van der Waals surface area (Å²) in [5.41, 5.74) is 0. The molecule has 0 heterocycles. The molecule has 0 saturated heterocycles. The maximum Gasteiger partial charge on any atom is 0.304 e. The molecule has 0 aliphatic heterocycles. The lowest BCUT2D eigenvalue weighted by Gasteiger charge is -2.23. The topological polar surface area (TPSA) is 40.5 Å². The van der Waals surface area contributed by atoms with E-state index in [9.17, 15) is 4.79 Å². The van der Waals surface area contributed by atoms with E-state index < -0.39 is 5.97 Å². The number of rotatable bonds is 6. The van der Waals surface area contributed by atoms with E-state index in [0.717, 1.165) is 5.25 Å². The molecule has 2 atom stereocenters. The number of thioether (sulfide) groups is 1. The van der Waals surface area contributed by atoms with E-state index in [1.165, 1.54) is 25.0 Å². The molecule has 88 valence electrons. The van der Waals surface area contributed by atoms with Crippen LogP contribution in [0.4, 0.5) is 0 Å². The number of aliphatic carboxylic acids is 1. The molecule has 0 amide bonds. The molecular weight excluding hydrogens is 210 g/mol. The summed E-state index contributed by atoms with van der Waals surface area (Å²) in [6.45, 7) is 2.88. The highest BCUT2D eigenvalue weighted by Gasteiger charge is 2.27. The van der Waals surface area contributed by atoms with Crippen molar-refractivity contribution < 1.29 is 9.90 Å². The number of carbonyl (C=O) groups is 1. The average Bonchev–Trinajstić information content (AvgIpc) is 2.63. The van der Waals surface area contributed by atoms with Gasteiger partial charge in [-0.15, -0.1) is 0 Å².